The molecule has 2 aromatic heterocycles. The molecule has 2 heterocycles. The molecule has 5 nitrogen and oxygen atoms in total. The highest BCUT2D eigenvalue weighted by molar-refractivity contribution is 6.35. The summed E-state index contributed by atoms with van der Waals surface area (Å²) in [6.45, 7) is 0. The van der Waals surface area contributed by atoms with Crippen molar-refractivity contribution in [3.05, 3.63) is 46.6 Å². The van der Waals surface area contributed by atoms with Gasteiger partial charge in [-0.2, -0.15) is 0 Å². The van der Waals surface area contributed by atoms with Crippen molar-refractivity contribution in [2.24, 2.45) is 0 Å². The maximum Gasteiger partial charge on any atom is 0.277 e. The average Bonchev–Trinajstić information content (AvgIpc) is 2.33. The molecule has 0 radical (unpaired) electrons. The second kappa shape index (κ2) is 5.07. The van der Waals surface area contributed by atoms with Gasteiger partial charge >= 0.3 is 0 Å². The van der Waals surface area contributed by atoms with Crippen molar-refractivity contribution in [1.82, 2.24) is 15.0 Å². The predicted molar refractivity (Wildman–Crippen MR) is 64.2 cm³/mol. The number of aromatic nitrogens is 3. The first kappa shape index (κ1) is 11.8. The van der Waals surface area contributed by atoms with Crippen molar-refractivity contribution in [3.8, 4) is 0 Å². The number of hydrogen-bond donors (Lipinski definition) is 1. The van der Waals surface area contributed by atoms with Gasteiger partial charge in [0.25, 0.3) is 5.91 Å². The van der Waals surface area contributed by atoms with E-state index in [-0.39, 0.29) is 15.9 Å². The van der Waals surface area contributed by atoms with Crippen LogP contribution in [0.5, 0.6) is 0 Å². The highest BCUT2D eigenvalue weighted by atomic mass is 35.5. The van der Waals surface area contributed by atoms with Gasteiger partial charge in [0.1, 0.15) is 10.8 Å². The number of rotatable bonds is 2. The Balaban J connectivity index is 2.23. The van der Waals surface area contributed by atoms with Crippen LogP contribution in [0.25, 0.3) is 0 Å². The Labute approximate surface area is 107 Å². The molecule has 0 unspecified atom stereocenters. The number of pyridine rings is 1. The maximum absolute atomic E-state index is 11.8. The van der Waals surface area contributed by atoms with Gasteiger partial charge in [0.2, 0.25) is 0 Å². The third-order valence-corrected chi connectivity index (χ3v) is 2.35. The van der Waals surface area contributed by atoms with E-state index < -0.39 is 5.91 Å². The lowest BCUT2D eigenvalue weighted by Crippen LogP contribution is -2.15. The SMILES string of the molecule is O=C(Nc1cnccn1)c1nc(Cl)ccc1Cl. The lowest BCUT2D eigenvalue weighted by Gasteiger charge is -2.04. The van der Waals surface area contributed by atoms with Crippen molar-refractivity contribution in [3.63, 3.8) is 0 Å². The molecule has 0 aliphatic carbocycles. The van der Waals surface area contributed by atoms with Crippen molar-refractivity contribution in [1.29, 1.82) is 0 Å². The first-order chi connectivity index (χ1) is 8.16. The molecule has 0 spiro atoms. The van der Waals surface area contributed by atoms with E-state index in [2.05, 4.69) is 20.3 Å². The molecule has 0 aliphatic rings. The Bertz CT molecular complexity index is 547. The minimum Gasteiger partial charge on any atom is -0.304 e. The van der Waals surface area contributed by atoms with E-state index in [1.165, 1.54) is 30.7 Å². The van der Waals surface area contributed by atoms with Gasteiger partial charge in [0, 0.05) is 12.4 Å². The average molecular weight is 269 g/mol. The van der Waals surface area contributed by atoms with Crippen LogP contribution in [0.3, 0.4) is 0 Å². The van der Waals surface area contributed by atoms with Crippen LogP contribution in [0.1, 0.15) is 10.5 Å². The number of nitrogens with zero attached hydrogens (tertiary/aromatic N) is 3. The quantitative estimate of drug-likeness (QED) is 0.850. The van der Waals surface area contributed by atoms with Crippen molar-refractivity contribution in [2.75, 3.05) is 5.32 Å². The summed E-state index contributed by atoms with van der Waals surface area (Å²) < 4.78 is 0. The summed E-state index contributed by atoms with van der Waals surface area (Å²) in [7, 11) is 0. The second-order valence-electron chi connectivity index (χ2n) is 3.01. The molecule has 0 aromatic carbocycles. The molecule has 1 N–H and O–H groups in total. The fourth-order valence-corrected chi connectivity index (χ4v) is 1.46. The van der Waals surface area contributed by atoms with E-state index in [1.54, 1.807) is 0 Å². The summed E-state index contributed by atoms with van der Waals surface area (Å²) in [6.07, 6.45) is 4.37. The van der Waals surface area contributed by atoms with E-state index in [4.69, 9.17) is 23.2 Å². The third kappa shape index (κ3) is 2.89. The van der Waals surface area contributed by atoms with Gasteiger partial charge < -0.3 is 5.32 Å². The van der Waals surface area contributed by atoms with Crippen LogP contribution in [0.2, 0.25) is 10.2 Å². The zero-order valence-electron chi connectivity index (χ0n) is 8.39. The molecule has 86 valence electrons. The number of halogens is 2. The second-order valence-corrected chi connectivity index (χ2v) is 3.80. The van der Waals surface area contributed by atoms with Crippen LogP contribution in [0.15, 0.2) is 30.7 Å². The maximum atomic E-state index is 11.8. The van der Waals surface area contributed by atoms with Gasteiger partial charge in [-0.15, -0.1) is 0 Å². The molecule has 0 aliphatic heterocycles. The van der Waals surface area contributed by atoms with Gasteiger partial charge in [-0.25, -0.2) is 9.97 Å². The lowest BCUT2D eigenvalue weighted by atomic mass is 10.3. The Hall–Kier alpha value is -1.72. The van der Waals surface area contributed by atoms with E-state index in [0.717, 1.165) is 0 Å². The van der Waals surface area contributed by atoms with Crippen LogP contribution in [0.4, 0.5) is 5.82 Å². The highest BCUT2D eigenvalue weighted by Crippen LogP contribution is 2.17. The van der Waals surface area contributed by atoms with Gasteiger partial charge in [0.15, 0.2) is 5.82 Å². The highest BCUT2D eigenvalue weighted by Gasteiger charge is 2.13. The number of carbonyl (C=O) groups is 1. The van der Waals surface area contributed by atoms with Crippen molar-refractivity contribution >= 4 is 34.9 Å². The summed E-state index contributed by atoms with van der Waals surface area (Å²) in [6, 6.07) is 3.01. The molecule has 0 bridgehead atoms. The number of nitrogens with one attached hydrogen (secondary N) is 1. The normalized spacial score (nSPS) is 10.0. The molecule has 0 saturated carbocycles. The third-order valence-electron chi connectivity index (χ3n) is 1.83. The largest absolute Gasteiger partial charge is 0.304 e. The number of hydrogen-bond acceptors (Lipinski definition) is 4. The summed E-state index contributed by atoms with van der Waals surface area (Å²) in [5, 5.41) is 2.92. The molecule has 7 heteroatoms. The molecule has 2 rings (SSSR count). The van der Waals surface area contributed by atoms with Gasteiger partial charge in [-0.3, -0.25) is 9.78 Å². The molecular weight excluding hydrogens is 263 g/mol. The Kier molecular flexibility index (Phi) is 3.51. The summed E-state index contributed by atoms with van der Waals surface area (Å²) in [4.78, 5) is 23.4. The van der Waals surface area contributed by atoms with Crippen LogP contribution in [-0.2, 0) is 0 Å². The Morgan fingerprint density at radius 3 is 2.76 bits per heavy atom. The first-order valence-corrected chi connectivity index (χ1v) is 5.32. The minimum absolute atomic E-state index is 0.0461. The molecule has 0 atom stereocenters. The Morgan fingerprint density at radius 2 is 2.06 bits per heavy atom. The topological polar surface area (TPSA) is 67.8 Å². The van der Waals surface area contributed by atoms with Gasteiger partial charge in [-0.05, 0) is 12.1 Å². The first-order valence-electron chi connectivity index (χ1n) is 4.56. The zero-order chi connectivity index (χ0) is 12.3. The number of carbonyl (C=O) groups excluding carboxylic acids is 1. The van der Waals surface area contributed by atoms with E-state index in [1.807, 2.05) is 0 Å². The molecule has 2 aromatic rings. The van der Waals surface area contributed by atoms with E-state index >= 15 is 0 Å². The number of anilines is 1. The van der Waals surface area contributed by atoms with Crippen LogP contribution in [-0.4, -0.2) is 20.9 Å². The molecule has 17 heavy (non-hydrogen) atoms. The fourth-order valence-electron chi connectivity index (χ4n) is 1.12. The smallest absolute Gasteiger partial charge is 0.277 e. The van der Waals surface area contributed by atoms with Crippen molar-refractivity contribution in [2.45, 2.75) is 0 Å². The zero-order valence-corrected chi connectivity index (χ0v) is 9.90. The van der Waals surface area contributed by atoms with Crippen LogP contribution >= 0.6 is 23.2 Å². The summed E-state index contributed by atoms with van der Waals surface area (Å²) >= 11 is 11.5. The Morgan fingerprint density at radius 1 is 1.24 bits per heavy atom. The molecule has 0 fully saturated rings. The van der Waals surface area contributed by atoms with Crippen molar-refractivity contribution < 1.29 is 4.79 Å². The monoisotopic (exact) mass is 268 g/mol. The summed E-state index contributed by atoms with van der Waals surface area (Å²) in [5.41, 5.74) is 0.0461. The van der Waals surface area contributed by atoms with Crippen LogP contribution < -0.4 is 5.32 Å². The predicted octanol–water partition coefficient (Wildman–Crippen LogP) is 2.43. The standard InChI is InChI=1S/C10H6Cl2N4O/c11-6-1-2-7(12)15-9(6)10(17)16-8-5-13-3-4-14-8/h1-5H,(H,14,16,17). The number of amides is 1. The molecule has 1 amide bonds. The van der Waals surface area contributed by atoms with Gasteiger partial charge in [-0.1, -0.05) is 23.2 Å². The van der Waals surface area contributed by atoms with Crippen LogP contribution in [0, 0.1) is 0 Å². The molecule has 0 saturated heterocycles. The lowest BCUT2D eigenvalue weighted by molar-refractivity contribution is 0.102. The van der Waals surface area contributed by atoms with E-state index in [0.29, 0.717) is 5.82 Å². The minimum atomic E-state index is -0.488. The fraction of sp³-hybridized carbons (Fsp3) is 0. The van der Waals surface area contributed by atoms with Gasteiger partial charge in [0.05, 0.1) is 11.2 Å². The summed E-state index contributed by atoms with van der Waals surface area (Å²) in [5.74, 6) is -0.173. The van der Waals surface area contributed by atoms with E-state index in [9.17, 15) is 4.79 Å². The molecular formula is C10H6Cl2N4O.